The van der Waals surface area contributed by atoms with Gasteiger partial charge in [-0.2, -0.15) is 4.57 Å². The first-order valence-corrected chi connectivity index (χ1v) is 10.5. The number of ether oxygens (including phenoxy) is 1. The van der Waals surface area contributed by atoms with Crippen LogP contribution in [0.2, 0.25) is 0 Å². The topological polar surface area (TPSA) is 35.1 Å². The van der Waals surface area contributed by atoms with Crippen LogP contribution in [-0.2, 0) is 29.1 Å². The van der Waals surface area contributed by atoms with Crippen molar-refractivity contribution in [2.24, 2.45) is 11.8 Å². The molecule has 1 unspecified atom stereocenters. The van der Waals surface area contributed by atoms with E-state index in [4.69, 9.17) is 4.74 Å². The monoisotopic (exact) mass is 403 g/mol. The molecule has 30 heavy (non-hydrogen) atoms. The summed E-state index contributed by atoms with van der Waals surface area (Å²) in [6.07, 6.45) is 6.75. The Hall–Kier alpha value is -3.14. The van der Waals surface area contributed by atoms with Gasteiger partial charge in [-0.15, -0.1) is 0 Å². The smallest absolute Gasteiger partial charge is 0.309 e. The van der Waals surface area contributed by atoms with Gasteiger partial charge >= 0.3 is 5.97 Å². The molecule has 0 radical (unpaired) electrons. The lowest BCUT2D eigenvalue weighted by Crippen LogP contribution is -2.33. The van der Waals surface area contributed by atoms with E-state index in [1.54, 1.807) is 0 Å². The minimum atomic E-state index is -0.192. The van der Waals surface area contributed by atoms with Crippen molar-refractivity contribution >= 4 is 12.0 Å². The Bertz CT molecular complexity index is 972. The average Bonchev–Trinajstić information content (AvgIpc) is 3.15. The molecule has 3 rings (SSSR count). The Morgan fingerprint density at radius 1 is 1.07 bits per heavy atom. The molecule has 4 nitrogen and oxygen atoms in total. The van der Waals surface area contributed by atoms with Crippen molar-refractivity contribution < 1.29 is 14.1 Å². The third-order valence-corrected chi connectivity index (χ3v) is 5.01. The number of imidazole rings is 1. The Balaban J connectivity index is 1.62. The van der Waals surface area contributed by atoms with Crippen LogP contribution in [0.4, 0.5) is 0 Å². The van der Waals surface area contributed by atoms with Crippen LogP contribution in [0.15, 0.2) is 73.7 Å². The number of rotatable bonds is 9. The quantitative estimate of drug-likeness (QED) is 0.373. The maximum atomic E-state index is 12.3. The summed E-state index contributed by atoms with van der Waals surface area (Å²) in [5, 5.41) is 0. The van der Waals surface area contributed by atoms with Gasteiger partial charge in [-0.1, -0.05) is 69.8 Å². The van der Waals surface area contributed by atoms with E-state index < -0.39 is 0 Å². The van der Waals surface area contributed by atoms with Gasteiger partial charge in [-0.3, -0.25) is 4.79 Å². The predicted octanol–water partition coefficient (Wildman–Crippen LogP) is 4.99. The molecular formula is C26H31N2O2+. The highest BCUT2D eigenvalue weighted by Crippen LogP contribution is 2.16. The zero-order chi connectivity index (χ0) is 21.5. The van der Waals surface area contributed by atoms with Crippen molar-refractivity contribution in [1.82, 2.24) is 4.57 Å². The van der Waals surface area contributed by atoms with Crippen LogP contribution in [0.5, 0.6) is 0 Å². The van der Waals surface area contributed by atoms with Crippen LogP contribution in [-0.4, -0.2) is 10.5 Å². The lowest BCUT2D eigenvalue weighted by molar-refractivity contribution is -0.701. The van der Waals surface area contributed by atoms with Crippen LogP contribution >= 0.6 is 0 Å². The minimum absolute atomic E-state index is 0.169. The van der Waals surface area contributed by atoms with Gasteiger partial charge in [0.2, 0.25) is 6.33 Å². The van der Waals surface area contributed by atoms with Gasteiger partial charge < -0.3 is 4.74 Å². The number of nitrogens with zero attached hydrogens (tertiary/aromatic N) is 2. The van der Waals surface area contributed by atoms with Crippen molar-refractivity contribution in [2.75, 3.05) is 0 Å². The molecular weight excluding hydrogens is 372 g/mol. The van der Waals surface area contributed by atoms with E-state index in [9.17, 15) is 4.79 Å². The molecule has 0 aliphatic rings. The van der Waals surface area contributed by atoms with Crippen LogP contribution in [0.3, 0.4) is 0 Å². The van der Waals surface area contributed by atoms with Crippen molar-refractivity contribution in [3.63, 3.8) is 0 Å². The maximum absolute atomic E-state index is 12.3. The standard InChI is InChI=1S/C26H31N2O2/c1-5-24-17-27(16-20(2)3)19-28(24)25-13-11-22(12-14-25)15-21(4)26(29)30-18-23-9-7-6-8-10-23/h5-14,17,19-21H,1,15-16,18H2,2-4H3/q+1. The van der Waals surface area contributed by atoms with Crippen molar-refractivity contribution in [3.8, 4) is 5.69 Å². The average molecular weight is 404 g/mol. The summed E-state index contributed by atoms with van der Waals surface area (Å²) in [5.74, 6) is 0.217. The fourth-order valence-electron chi connectivity index (χ4n) is 3.47. The SMILES string of the molecule is C=Cc1c[n+](CC(C)C)cn1-c1ccc(CC(C)C(=O)OCc2ccccc2)cc1. The molecule has 156 valence electrons. The van der Waals surface area contributed by atoms with Gasteiger partial charge in [-0.25, -0.2) is 4.57 Å². The van der Waals surface area contributed by atoms with Crippen LogP contribution in [0.1, 0.15) is 37.6 Å². The van der Waals surface area contributed by atoms with Gasteiger partial charge in [0, 0.05) is 0 Å². The lowest BCUT2D eigenvalue weighted by Gasteiger charge is -2.12. The Kier molecular flexibility index (Phi) is 7.23. The summed E-state index contributed by atoms with van der Waals surface area (Å²) in [4.78, 5) is 12.3. The van der Waals surface area contributed by atoms with E-state index in [1.807, 2.05) is 43.3 Å². The van der Waals surface area contributed by atoms with Crippen molar-refractivity contribution in [2.45, 2.75) is 40.3 Å². The largest absolute Gasteiger partial charge is 0.461 e. The molecule has 1 aromatic heterocycles. The highest BCUT2D eigenvalue weighted by Gasteiger charge is 2.17. The molecule has 1 atom stereocenters. The molecule has 3 aromatic rings. The van der Waals surface area contributed by atoms with E-state index in [-0.39, 0.29) is 11.9 Å². The molecule has 0 N–H and O–H groups in total. The number of aromatic nitrogens is 2. The molecule has 0 aliphatic heterocycles. The van der Waals surface area contributed by atoms with Gasteiger partial charge in [0.1, 0.15) is 18.5 Å². The Labute approximate surface area is 179 Å². The summed E-state index contributed by atoms with van der Waals surface area (Å²) in [7, 11) is 0. The number of carbonyl (C=O) groups excluding carboxylic acids is 1. The minimum Gasteiger partial charge on any atom is -0.461 e. The summed E-state index contributed by atoms with van der Waals surface area (Å²) >= 11 is 0. The fraction of sp³-hybridized carbons (Fsp3) is 0.308. The number of benzene rings is 2. The van der Waals surface area contributed by atoms with Gasteiger partial charge in [-0.05, 0) is 41.7 Å². The number of carbonyl (C=O) groups is 1. The molecule has 0 bridgehead atoms. The predicted molar refractivity (Wildman–Crippen MR) is 120 cm³/mol. The Morgan fingerprint density at radius 2 is 1.77 bits per heavy atom. The first kappa shape index (κ1) is 21.6. The van der Waals surface area contributed by atoms with Crippen molar-refractivity contribution in [3.05, 3.63) is 90.5 Å². The molecule has 2 aromatic carbocycles. The van der Waals surface area contributed by atoms with Crippen LogP contribution in [0.25, 0.3) is 11.8 Å². The maximum Gasteiger partial charge on any atom is 0.309 e. The summed E-state index contributed by atoms with van der Waals surface area (Å²) in [5.41, 5.74) is 4.25. The lowest BCUT2D eigenvalue weighted by atomic mass is 10.0. The van der Waals surface area contributed by atoms with Gasteiger partial charge in [0.15, 0.2) is 5.69 Å². The molecule has 1 heterocycles. The number of esters is 1. The molecule has 4 heteroatoms. The number of hydrogen-bond acceptors (Lipinski definition) is 2. The summed E-state index contributed by atoms with van der Waals surface area (Å²) in [6, 6.07) is 18.1. The zero-order valence-corrected chi connectivity index (χ0v) is 18.1. The molecule has 0 spiro atoms. The van der Waals surface area contributed by atoms with Gasteiger partial charge in [0.05, 0.1) is 12.5 Å². The summed E-state index contributed by atoms with van der Waals surface area (Å²) in [6.45, 7) is 11.6. The molecule has 0 aliphatic carbocycles. The third-order valence-electron chi connectivity index (χ3n) is 5.01. The Morgan fingerprint density at radius 3 is 2.40 bits per heavy atom. The molecule has 0 fully saturated rings. The summed E-state index contributed by atoms with van der Waals surface area (Å²) < 4.78 is 9.79. The second-order valence-electron chi connectivity index (χ2n) is 8.20. The third kappa shape index (κ3) is 5.69. The molecule has 0 saturated carbocycles. The van der Waals surface area contributed by atoms with E-state index in [2.05, 4.69) is 66.4 Å². The first-order valence-electron chi connectivity index (χ1n) is 10.5. The normalized spacial score (nSPS) is 12.0. The molecule has 0 saturated heterocycles. The van der Waals surface area contributed by atoms with E-state index in [0.29, 0.717) is 18.9 Å². The fourth-order valence-corrected chi connectivity index (χ4v) is 3.47. The van der Waals surface area contributed by atoms with Crippen LogP contribution < -0.4 is 4.57 Å². The first-order chi connectivity index (χ1) is 14.5. The molecule has 0 amide bonds. The highest BCUT2D eigenvalue weighted by atomic mass is 16.5. The van der Waals surface area contributed by atoms with E-state index in [1.165, 1.54) is 0 Å². The second kappa shape index (κ2) is 10.1. The highest BCUT2D eigenvalue weighted by molar-refractivity contribution is 5.72. The van der Waals surface area contributed by atoms with Crippen LogP contribution in [0, 0.1) is 11.8 Å². The van der Waals surface area contributed by atoms with E-state index in [0.717, 1.165) is 29.1 Å². The van der Waals surface area contributed by atoms with E-state index >= 15 is 0 Å². The second-order valence-corrected chi connectivity index (χ2v) is 8.20. The zero-order valence-electron chi connectivity index (χ0n) is 18.1. The van der Waals surface area contributed by atoms with Gasteiger partial charge in [0.25, 0.3) is 0 Å². The number of hydrogen-bond donors (Lipinski definition) is 0. The van der Waals surface area contributed by atoms with Crippen molar-refractivity contribution in [1.29, 1.82) is 0 Å².